The van der Waals surface area contributed by atoms with E-state index in [0.29, 0.717) is 0 Å². The summed E-state index contributed by atoms with van der Waals surface area (Å²) in [7, 11) is 0. The maximum atomic E-state index is 11.0. The van der Waals surface area contributed by atoms with Crippen molar-refractivity contribution in [1.29, 1.82) is 0 Å². The molecule has 2 nitrogen and oxygen atoms in total. The van der Waals surface area contributed by atoms with E-state index >= 15 is 0 Å². The second kappa shape index (κ2) is 4.52. The van der Waals surface area contributed by atoms with Crippen LogP contribution < -0.4 is 0 Å². The Morgan fingerprint density at radius 1 is 1.31 bits per heavy atom. The molecule has 0 spiro atoms. The number of benzene rings is 1. The van der Waals surface area contributed by atoms with Crippen LogP contribution in [0.5, 0.6) is 0 Å². The molecule has 0 bridgehead atoms. The first kappa shape index (κ1) is 10.9. The molecule has 1 N–H and O–H groups in total. The third-order valence-corrected chi connectivity index (χ3v) is 3.29. The molecular weight excluding hydrogens is 200 g/mol. The molecule has 2 heteroatoms. The highest BCUT2D eigenvalue weighted by Crippen LogP contribution is 2.33. The molecule has 0 heterocycles. The minimum atomic E-state index is -0.670. The Labute approximate surface area is 95.6 Å². The van der Waals surface area contributed by atoms with Gasteiger partial charge in [-0.2, -0.15) is 0 Å². The molecule has 0 unspecified atom stereocenters. The second-order valence-electron chi connectivity index (χ2n) is 4.40. The fraction of sp³-hybridized carbons (Fsp3) is 0.357. The number of allylic oxidation sites excluding steroid dienone is 2. The third kappa shape index (κ3) is 2.16. The van der Waals surface area contributed by atoms with Crippen LogP contribution in [0, 0.1) is 11.8 Å². The van der Waals surface area contributed by atoms with Gasteiger partial charge >= 0.3 is 5.97 Å². The van der Waals surface area contributed by atoms with Gasteiger partial charge in [-0.3, -0.25) is 4.79 Å². The van der Waals surface area contributed by atoms with Crippen LogP contribution in [0.2, 0.25) is 0 Å². The van der Waals surface area contributed by atoms with Gasteiger partial charge in [-0.25, -0.2) is 0 Å². The van der Waals surface area contributed by atoms with Crippen LogP contribution in [-0.4, -0.2) is 11.1 Å². The molecular formula is C14H16O2. The highest BCUT2D eigenvalue weighted by Gasteiger charge is 2.27. The second-order valence-corrected chi connectivity index (χ2v) is 4.40. The summed E-state index contributed by atoms with van der Waals surface area (Å²) < 4.78 is 0. The van der Waals surface area contributed by atoms with Crippen molar-refractivity contribution < 1.29 is 9.90 Å². The minimum absolute atomic E-state index is 0.126. The van der Waals surface area contributed by atoms with Crippen molar-refractivity contribution in [2.45, 2.75) is 19.8 Å². The van der Waals surface area contributed by atoms with Crippen molar-refractivity contribution in [2.24, 2.45) is 11.8 Å². The molecule has 0 aliphatic heterocycles. The number of carboxylic acids is 1. The number of hydrogen-bond donors (Lipinski definition) is 1. The van der Waals surface area contributed by atoms with E-state index in [0.717, 1.165) is 12.8 Å². The zero-order chi connectivity index (χ0) is 11.5. The number of carboxylic acid groups (broad SMARTS) is 1. The van der Waals surface area contributed by atoms with Crippen LogP contribution in [0.3, 0.4) is 0 Å². The van der Waals surface area contributed by atoms with Gasteiger partial charge in [0.2, 0.25) is 0 Å². The van der Waals surface area contributed by atoms with Crippen LogP contribution in [0.4, 0.5) is 0 Å². The number of hydrogen-bond acceptors (Lipinski definition) is 1. The van der Waals surface area contributed by atoms with Gasteiger partial charge in [0.1, 0.15) is 0 Å². The Morgan fingerprint density at radius 2 is 2.00 bits per heavy atom. The zero-order valence-corrected chi connectivity index (χ0v) is 9.39. The Balaban J connectivity index is 2.21. The SMILES string of the molecule is C[C@H]1C=C(c2ccccc2)CC[C@H]1C(=O)O. The molecule has 0 radical (unpaired) electrons. The van der Waals surface area contributed by atoms with E-state index in [1.165, 1.54) is 11.1 Å². The molecule has 2 rings (SSSR count). The molecule has 0 saturated heterocycles. The van der Waals surface area contributed by atoms with Gasteiger partial charge in [0.05, 0.1) is 5.92 Å². The van der Waals surface area contributed by atoms with E-state index in [1.54, 1.807) is 0 Å². The predicted octanol–water partition coefficient (Wildman–Crippen LogP) is 3.20. The van der Waals surface area contributed by atoms with Crippen molar-refractivity contribution in [1.82, 2.24) is 0 Å². The Morgan fingerprint density at radius 3 is 2.56 bits per heavy atom. The molecule has 1 aromatic rings. The molecule has 2 atom stereocenters. The average Bonchev–Trinajstić information content (AvgIpc) is 2.29. The van der Waals surface area contributed by atoms with Crippen molar-refractivity contribution in [3.8, 4) is 0 Å². The maximum absolute atomic E-state index is 11.0. The number of carbonyl (C=O) groups is 1. The van der Waals surface area contributed by atoms with E-state index < -0.39 is 5.97 Å². The van der Waals surface area contributed by atoms with Crippen LogP contribution in [0.25, 0.3) is 5.57 Å². The van der Waals surface area contributed by atoms with Crippen LogP contribution in [-0.2, 0) is 4.79 Å². The first-order valence-electron chi connectivity index (χ1n) is 5.67. The highest BCUT2D eigenvalue weighted by atomic mass is 16.4. The summed E-state index contributed by atoms with van der Waals surface area (Å²) in [5.41, 5.74) is 2.50. The van der Waals surface area contributed by atoms with Gasteiger partial charge in [0.15, 0.2) is 0 Å². The summed E-state index contributed by atoms with van der Waals surface area (Å²) >= 11 is 0. The summed E-state index contributed by atoms with van der Waals surface area (Å²) in [6.07, 6.45) is 3.72. The Bertz CT molecular complexity index is 406. The molecule has 1 aliphatic carbocycles. The lowest BCUT2D eigenvalue weighted by molar-refractivity contribution is -0.143. The van der Waals surface area contributed by atoms with Gasteiger partial charge in [-0.1, -0.05) is 43.3 Å². The summed E-state index contributed by atoms with van der Waals surface area (Å²) in [6, 6.07) is 10.2. The largest absolute Gasteiger partial charge is 0.481 e. The standard InChI is InChI=1S/C14H16O2/c1-10-9-12(7-8-13(10)14(15)16)11-5-3-2-4-6-11/h2-6,9-10,13H,7-8H2,1H3,(H,15,16)/t10-,13+/m0/s1. The van der Waals surface area contributed by atoms with Crippen molar-refractivity contribution in [3.63, 3.8) is 0 Å². The van der Waals surface area contributed by atoms with E-state index in [2.05, 4.69) is 18.2 Å². The van der Waals surface area contributed by atoms with Gasteiger partial charge in [-0.15, -0.1) is 0 Å². The topological polar surface area (TPSA) is 37.3 Å². The van der Waals surface area contributed by atoms with E-state index in [-0.39, 0.29) is 11.8 Å². The summed E-state index contributed by atoms with van der Waals surface area (Å²) in [4.78, 5) is 11.0. The van der Waals surface area contributed by atoms with Crippen LogP contribution in [0.1, 0.15) is 25.3 Å². The number of aliphatic carboxylic acids is 1. The van der Waals surface area contributed by atoms with E-state index in [1.807, 2.05) is 25.1 Å². The highest BCUT2D eigenvalue weighted by molar-refractivity contribution is 5.74. The molecule has 1 aliphatic rings. The fourth-order valence-corrected chi connectivity index (χ4v) is 2.33. The Kier molecular flexibility index (Phi) is 3.09. The smallest absolute Gasteiger partial charge is 0.307 e. The molecule has 0 saturated carbocycles. The lowest BCUT2D eigenvalue weighted by Crippen LogP contribution is -2.23. The quantitative estimate of drug-likeness (QED) is 0.824. The van der Waals surface area contributed by atoms with Gasteiger partial charge in [-0.05, 0) is 29.9 Å². The minimum Gasteiger partial charge on any atom is -0.481 e. The lowest BCUT2D eigenvalue weighted by Gasteiger charge is -2.24. The predicted molar refractivity (Wildman–Crippen MR) is 63.9 cm³/mol. The molecule has 0 aromatic heterocycles. The molecule has 84 valence electrons. The lowest BCUT2D eigenvalue weighted by atomic mass is 9.80. The van der Waals surface area contributed by atoms with Crippen LogP contribution >= 0.6 is 0 Å². The van der Waals surface area contributed by atoms with Crippen molar-refractivity contribution in [3.05, 3.63) is 42.0 Å². The average molecular weight is 216 g/mol. The van der Waals surface area contributed by atoms with E-state index in [4.69, 9.17) is 5.11 Å². The fourth-order valence-electron chi connectivity index (χ4n) is 2.33. The monoisotopic (exact) mass is 216 g/mol. The molecule has 0 amide bonds. The van der Waals surface area contributed by atoms with Gasteiger partial charge in [0, 0.05) is 0 Å². The van der Waals surface area contributed by atoms with Gasteiger partial charge in [0.25, 0.3) is 0 Å². The Hall–Kier alpha value is -1.57. The first-order valence-corrected chi connectivity index (χ1v) is 5.67. The molecule has 16 heavy (non-hydrogen) atoms. The summed E-state index contributed by atoms with van der Waals surface area (Å²) in [5.74, 6) is -0.759. The van der Waals surface area contributed by atoms with Crippen molar-refractivity contribution in [2.75, 3.05) is 0 Å². The summed E-state index contributed by atoms with van der Waals surface area (Å²) in [6.45, 7) is 1.99. The molecule has 0 fully saturated rings. The van der Waals surface area contributed by atoms with Gasteiger partial charge < -0.3 is 5.11 Å². The summed E-state index contributed by atoms with van der Waals surface area (Å²) in [5, 5.41) is 9.04. The normalized spacial score (nSPS) is 24.9. The molecule has 1 aromatic carbocycles. The third-order valence-electron chi connectivity index (χ3n) is 3.29. The first-order chi connectivity index (χ1) is 7.68. The maximum Gasteiger partial charge on any atom is 0.307 e. The van der Waals surface area contributed by atoms with Crippen molar-refractivity contribution >= 4 is 11.5 Å². The van der Waals surface area contributed by atoms with Crippen LogP contribution in [0.15, 0.2) is 36.4 Å². The zero-order valence-electron chi connectivity index (χ0n) is 9.39. The number of rotatable bonds is 2. The van der Waals surface area contributed by atoms with E-state index in [9.17, 15) is 4.79 Å².